The fourth-order valence-corrected chi connectivity index (χ4v) is 7.10. The lowest BCUT2D eigenvalue weighted by atomic mass is 9.84. The van der Waals surface area contributed by atoms with Gasteiger partial charge in [-0.15, -0.1) is 0 Å². The summed E-state index contributed by atoms with van der Waals surface area (Å²) >= 11 is 0. The summed E-state index contributed by atoms with van der Waals surface area (Å²) in [6.45, 7) is 5.37. The number of likely N-dealkylation sites (tertiary alicyclic amines) is 2. The molecule has 3 aliphatic rings. The minimum Gasteiger partial charge on any atom is -0.343 e. The number of carbonyl (C=O) groups excluding carboxylic acids is 2. The molecule has 0 radical (unpaired) electrons. The maximum atomic E-state index is 14.3. The first kappa shape index (κ1) is 27.9. The van der Waals surface area contributed by atoms with Crippen LogP contribution in [-0.4, -0.2) is 65.9 Å². The number of nitrogens with zero attached hydrogens (tertiary/aromatic N) is 2. The van der Waals surface area contributed by atoms with Crippen LogP contribution in [0.15, 0.2) is 60.7 Å². The summed E-state index contributed by atoms with van der Waals surface area (Å²) in [5, 5.41) is 3.07. The summed E-state index contributed by atoms with van der Waals surface area (Å²) in [4.78, 5) is 31.7. The molecule has 5 atom stereocenters. The number of nitrogens with two attached hydrogens (primary N) is 1. The molecular weight excluding hydrogens is 484 g/mol. The second-order valence-corrected chi connectivity index (χ2v) is 12.2. The molecule has 2 aliphatic heterocycles. The number of benzene rings is 2. The van der Waals surface area contributed by atoms with E-state index in [1.165, 1.54) is 30.4 Å². The molecule has 2 aromatic carbocycles. The van der Waals surface area contributed by atoms with Crippen LogP contribution in [0, 0.1) is 5.92 Å². The van der Waals surface area contributed by atoms with E-state index in [1.54, 1.807) is 6.92 Å². The molecule has 6 nitrogen and oxygen atoms in total. The van der Waals surface area contributed by atoms with E-state index in [2.05, 4.69) is 75.8 Å². The summed E-state index contributed by atoms with van der Waals surface area (Å²) in [7, 11) is 0. The highest BCUT2D eigenvalue weighted by Gasteiger charge is 2.41. The molecule has 1 aliphatic carbocycles. The Morgan fingerprint density at radius 3 is 2.18 bits per heavy atom. The van der Waals surface area contributed by atoms with Crippen LogP contribution in [0.1, 0.15) is 81.3 Å². The molecule has 0 bridgehead atoms. The third-order valence-electron chi connectivity index (χ3n) is 9.30. The molecule has 1 saturated carbocycles. The molecule has 210 valence electrons. The molecule has 5 rings (SSSR count). The Bertz CT molecular complexity index is 1070. The molecule has 0 spiro atoms. The van der Waals surface area contributed by atoms with Crippen LogP contribution in [0.4, 0.5) is 0 Å². The van der Waals surface area contributed by atoms with E-state index in [1.807, 2.05) is 0 Å². The van der Waals surface area contributed by atoms with Gasteiger partial charge < -0.3 is 20.9 Å². The van der Waals surface area contributed by atoms with Gasteiger partial charge in [-0.3, -0.25) is 9.59 Å². The molecular formula is C33H46N4O2. The van der Waals surface area contributed by atoms with E-state index < -0.39 is 12.1 Å². The first-order chi connectivity index (χ1) is 19.0. The third kappa shape index (κ3) is 7.09. The van der Waals surface area contributed by atoms with Crippen molar-refractivity contribution in [3.8, 4) is 0 Å². The SMILES string of the molecule is CC(N)C(=O)NC(CC1CCCCC1)C(=O)N1C[C@@H](c2ccccc2)C[C@H]1CN1CCC(c2ccccc2)C1. The van der Waals surface area contributed by atoms with Crippen molar-refractivity contribution >= 4 is 11.8 Å². The van der Waals surface area contributed by atoms with Crippen LogP contribution in [-0.2, 0) is 9.59 Å². The minimum atomic E-state index is -0.627. The summed E-state index contributed by atoms with van der Waals surface area (Å²) in [6, 6.07) is 20.4. The molecule has 2 saturated heterocycles. The van der Waals surface area contributed by atoms with Crippen LogP contribution >= 0.6 is 0 Å². The zero-order valence-corrected chi connectivity index (χ0v) is 23.5. The number of hydrogen-bond donors (Lipinski definition) is 2. The predicted octanol–water partition coefficient (Wildman–Crippen LogP) is 4.66. The second-order valence-electron chi connectivity index (χ2n) is 12.2. The van der Waals surface area contributed by atoms with Gasteiger partial charge in [0.05, 0.1) is 6.04 Å². The van der Waals surface area contributed by atoms with Gasteiger partial charge in [-0.2, -0.15) is 0 Å². The first-order valence-electron chi connectivity index (χ1n) is 15.2. The van der Waals surface area contributed by atoms with Crippen LogP contribution < -0.4 is 11.1 Å². The van der Waals surface area contributed by atoms with Crippen molar-refractivity contribution in [2.24, 2.45) is 11.7 Å². The second kappa shape index (κ2) is 13.1. The molecule has 3 N–H and O–H groups in total. The van der Waals surface area contributed by atoms with Gasteiger partial charge in [0.15, 0.2) is 0 Å². The van der Waals surface area contributed by atoms with E-state index in [4.69, 9.17) is 5.73 Å². The number of carbonyl (C=O) groups is 2. The summed E-state index contributed by atoms with van der Waals surface area (Å²) in [5.74, 6) is 1.19. The first-order valence-corrected chi connectivity index (χ1v) is 15.2. The van der Waals surface area contributed by atoms with Gasteiger partial charge in [0.25, 0.3) is 0 Å². The fourth-order valence-electron chi connectivity index (χ4n) is 7.10. The van der Waals surface area contributed by atoms with Crippen molar-refractivity contribution in [1.82, 2.24) is 15.1 Å². The largest absolute Gasteiger partial charge is 0.343 e. The normalized spacial score (nSPS) is 25.9. The number of hydrogen-bond acceptors (Lipinski definition) is 4. The van der Waals surface area contributed by atoms with Crippen LogP contribution in [0.5, 0.6) is 0 Å². The van der Waals surface area contributed by atoms with Crippen molar-refractivity contribution in [3.63, 3.8) is 0 Å². The van der Waals surface area contributed by atoms with E-state index in [-0.39, 0.29) is 17.9 Å². The Hall–Kier alpha value is -2.70. The van der Waals surface area contributed by atoms with Gasteiger partial charge in [0.2, 0.25) is 11.8 Å². The van der Waals surface area contributed by atoms with E-state index >= 15 is 0 Å². The van der Waals surface area contributed by atoms with Crippen molar-refractivity contribution < 1.29 is 9.59 Å². The van der Waals surface area contributed by atoms with Gasteiger partial charge in [0, 0.05) is 31.6 Å². The minimum absolute atomic E-state index is 0.0804. The monoisotopic (exact) mass is 530 g/mol. The zero-order valence-electron chi connectivity index (χ0n) is 23.5. The molecule has 2 amide bonds. The maximum Gasteiger partial charge on any atom is 0.245 e. The highest BCUT2D eigenvalue weighted by Crippen LogP contribution is 2.36. The van der Waals surface area contributed by atoms with Crippen molar-refractivity contribution in [1.29, 1.82) is 0 Å². The Kier molecular flexibility index (Phi) is 9.36. The highest BCUT2D eigenvalue weighted by molar-refractivity contribution is 5.90. The van der Waals surface area contributed by atoms with E-state index in [9.17, 15) is 9.59 Å². The standard InChI is InChI=1S/C33H46N4O2/c1-24(34)32(38)35-31(19-25-11-5-2-6-12-25)33(39)37-22-29(27-15-9-4-10-16-27)20-30(37)23-36-18-17-28(21-36)26-13-7-3-8-14-26/h3-4,7-10,13-16,24-25,28-31H,2,5-6,11-12,17-23,34H2,1H3,(H,35,38)/t24?,28?,29-,30-,31?/m0/s1. The average Bonchev–Trinajstić information content (AvgIpc) is 3.61. The fraction of sp³-hybridized carbons (Fsp3) is 0.576. The quantitative estimate of drug-likeness (QED) is 0.494. The molecule has 2 aromatic rings. The molecule has 3 fully saturated rings. The van der Waals surface area contributed by atoms with Gasteiger partial charge >= 0.3 is 0 Å². The Morgan fingerprint density at radius 1 is 0.897 bits per heavy atom. The molecule has 39 heavy (non-hydrogen) atoms. The lowest BCUT2D eigenvalue weighted by Gasteiger charge is -2.34. The number of nitrogens with one attached hydrogen (secondary N) is 1. The summed E-state index contributed by atoms with van der Waals surface area (Å²) < 4.78 is 0. The lowest BCUT2D eigenvalue weighted by molar-refractivity contribution is -0.138. The zero-order chi connectivity index (χ0) is 27.2. The average molecular weight is 531 g/mol. The number of amides is 2. The number of rotatable bonds is 9. The van der Waals surface area contributed by atoms with E-state index in [0.29, 0.717) is 24.3 Å². The molecule has 3 unspecified atom stereocenters. The van der Waals surface area contributed by atoms with Gasteiger partial charge in [-0.1, -0.05) is 92.8 Å². The summed E-state index contributed by atoms with van der Waals surface area (Å²) in [5.41, 5.74) is 8.63. The van der Waals surface area contributed by atoms with Gasteiger partial charge in [-0.25, -0.2) is 0 Å². The van der Waals surface area contributed by atoms with Crippen molar-refractivity contribution in [3.05, 3.63) is 71.8 Å². The topological polar surface area (TPSA) is 78.7 Å². The maximum absolute atomic E-state index is 14.3. The van der Waals surface area contributed by atoms with Gasteiger partial charge in [0.1, 0.15) is 6.04 Å². The molecule has 6 heteroatoms. The predicted molar refractivity (Wildman–Crippen MR) is 156 cm³/mol. The molecule has 2 heterocycles. The van der Waals surface area contributed by atoms with Crippen LogP contribution in [0.25, 0.3) is 0 Å². The smallest absolute Gasteiger partial charge is 0.245 e. The third-order valence-corrected chi connectivity index (χ3v) is 9.30. The van der Waals surface area contributed by atoms with E-state index in [0.717, 1.165) is 51.7 Å². The lowest BCUT2D eigenvalue weighted by Crippen LogP contribution is -2.54. The highest BCUT2D eigenvalue weighted by atomic mass is 16.2. The Balaban J connectivity index is 1.33. The summed E-state index contributed by atoms with van der Waals surface area (Å²) in [6.07, 6.45) is 8.82. The van der Waals surface area contributed by atoms with Crippen LogP contribution in [0.3, 0.4) is 0 Å². The van der Waals surface area contributed by atoms with Crippen molar-refractivity contribution in [2.45, 2.75) is 88.3 Å². The van der Waals surface area contributed by atoms with Crippen molar-refractivity contribution in [2.75, 3.05) is 26.2 Å². The van der Waals surface area contributed by atoms with Gasteiger partial charge in [-0.05, 0) is 55.7 Å². The van der Waals surface area contributed by atoms with Crippen LogP contribution in [0.2, 0.25) is 0 Å². The molecule has 0 aromatic heterocycles. The Morgan fingerprint density at radius 2 is 1.54 bits per heavy atom. The Labute approximate surface area is 234 Å².